The molecule has 166 valence electrons. The van der Waals surface area contributed by atoms with Crippen molar-refractivity contribution in [2.24, 2.45) is 0 Å². The predicted octanol–water partition coefficient (Wildman–Crippen LogP) is 4.31. The zero-order valence-electron chi connectivity index (χ0n) is 18.0. The first-order chi connectivity index (χ1) is 15.0. The summed E-state index contributed by atoms with van der Waals surface area (Å²) >= 11 is 3.43. The topological polar surface area (TPSA) is 67.9 Å². The average molecular weight is 489 g/mol. The number of amides is 2. The van der Waals surface area contributed by atoms with Crippen LogP contribution in [0.5, 0.6) is 11.5 Å². The molecule has 1 fully saturated rings. The van der Waals surface area contributed by atoms with Crippen LogP contribution in [0, 0.1) is 0 Å². The molecule has 0 spiro atoms. The summed E-state index contributed by atoms with van der Waals surface area (Å²) in [4.78, 5) is 27.5. The number of nitrogens with zero attached hydrogens (tertiary/aromatic N) is 1. The fourth-order valence-electron chi connectivity index (χ4n) is 3.66. The maximum Gasteiger partial charge on any atom is 0.261 e. The molecule has 3 rings (SSSR count). The highest BCUT2D eigenvalue weighted by Gasteiger charge is 2.28. The van der Waals surface area contributed by atoms with Crippen LogP contribution in [0.15, 0.2) is 53.0 Å². The van der Waals surface area contributed by atoms with Gasteiger partial charge in [-0.1, -0.05) is 40.9 Å². The van der Waals surface area contributed by atoms with Gasteiger partial charge in [0.25, 0.3) is 5.91 Å². The fourth-order valence-corrected chi connectivity index (χ4v) is 3.93. The van der Waals surface area contributed by atoms with Crippen molar-refractivity contribution in [3.8, 4) is 11.5 Å². The Balaban J connectivity index is 1.68. The first kappa shape index (κ1) is 23.1. The van der Waals surface area contributed by atoms with Crippen LogP contribution in [-0.4, -0.2) is 42.5 Å². The molecule has 2 aromatic carbocycles. The quantitative estimate of drug-likeness (QED) is 0.570. The van der Waals surface area contributed by atoms with E-state index in [1.807, 2.05) is 24.3 Å². The third kappa shape index (κ3) is 6.72. The van der Waals surface area contributed by atoms with Crippen molar-refractivity contribution >= 4 is 27.7 Å². The highest BCUT2D eigenvalue weighted by molar-refractivity contribution is 9.10. The summed E-state index contributed by atoms with van der Waals surface area (Å²) in [5.41, 5.74) is 0.946. The Morgan fingerprint density at radius 3 is 2.29 bits per heavy atom. The molecule has 0 saturated heterocycles. The van der Waals surface area contributed by atoms with Crippen molar-refractivity contribution < 1.29 is 19.1 Å². The van der Waals surface area contributed by atoms with Gasteiger partial charge >= 0.3 is 0 Å². The molecule has 2 amide bonds. The number of ether oxygens (including phenoxy) is 2. The SMILES string of the molecule is COc1ccc(OCC(=O)N(Cc2ccc(Br)cc2)C(C)C(=O)NC2CCCC2)cc1. The van der Waals surface area contributed by atoms with Gasteiger partial charge in [0, 0.05) is 17.1 Å². The maximum atomic E-state index is 13.1. The smallest absolute Gasteiger partial charge is 0.261 e. The average Bonchev–Trinajstić information content (AvgIpc) is 3.30. The van der Waals surface area contributed by atoms with Crippen LogP contribution in [0.3, 0.4) is 0 Å². The summed E-state index contributed by atoms with van der Waals surface area (Å²) in [6.07, 6.45) is 4.27. The lowest BCUT2D eigenvalue weighted by Gasteiger charge is -2.29. The highest BCUT2D eigenvalue weighted by Crippen LogP contribution is 2.20. The molecule has 0 aliphatic heterocycles. The molecule has 1 N–H and O–H groups in total. The van der Waals surface area contributed by atoms with Crippen LogP contribution in [0.25, 0.3) is 0 Å². The van der Waals surface area contributed by atoms with E-state index < -0.39 is 6.04 Å². The van der Waals surface area contributed by atoms with Crippen LogP contribution in [0.2, 0.25) is 0 Å². The summed E-state index contributed by atoms with van der Waals surface area (Å²) in [6, 6.07) is 14.4. The van der Waals surface area contributed by atoms with Gasteiger partial charge in [0.15, 0.2) is 6.61 Å². The summed E-state index contributed by atoms with van der Waals surface area (Å²) in [6.45, 7) is 1.95. The van der Waals surface area contributed by atoms with Gasteiger partial charge in [0.1, 0.15) is 17.5 Å². The lowest BCUT2D eigenvalue weighted by molar-refractivity contribution is -0.142. The number of carbonyl (C=O) groups excluding carboxylic acids is 2. The van der Waals surface area contributed by atoms with Crippen molar-refractivity contribution in [2.75, 3.05) is 13.7 Å². The minimum absolute atomic E-state index is 0.123. The number of nitrogens with one attached hydrogen (secondary N) is 1. The van der Waals surface area contributed by atoms with Gasteiger partial charge in [-0.15, -0.1) is 0 Å². The molecular weight excluding hydrogens is 460 g/mol. The first-order valence-electron chi connectivity index (χ1n) is 10.6. The van der Waals surface area contributed by atoms with Crippen molar-refractivity contribution in [1.29, 1.82) is 0 Å². The lowest BCUT2D eigenvalue weighted by atomic mass is 10.1. The van der Waals surface area contributed by atoms with Crippen LogP contribution in [0.1, 0.15) is 38.2 Å². The van der Waals surface area contributed by atoms with E-state index in [1.54, 1.807) is 43.2 Å². The van der Waals surface area contributed by atoms with E-state index in [-0.39, 0.29) is 24.5 Å². The van der Waals surface area contributed by atoms with Gasteiger partial charge in [0.2, 0.25) is 5.91 Å². The number of benzene rings is 2. The van der Waals surface area contributed by atoms with Crippen molar-refractivity contribution in [2.45, 2.75) is 51.2 Å². The van der Waals surface area contributed by atoms with Gasteiger partial charge in [0.05, 0.1) is 7.11 Å². The second-order valence-corrected chi connectivity index (χ2v) is 8.69. The summed E-state index contributed by atoms with van der Waals surface area (Å²) < 4.78 is 11.8. The molecule has 31 heavy (non-hydrogen) atoms. The van der Waals surface area contributed by atoms with Crippen LogP contribution in [-0.2, 0) is 16.1 Å². The van der Waals surface area contributed by atoms with E-state index in [1.165, 1.54) is 0 Å². The van der Waals surface area contributed by atoms with E-state index >= 15 is 0 Å². The first-order valence-corrected chi connectivity index (χ1v) is 11.4. The highest BCUT2D eigenvalue weighted by atomic mass is 79.9. The van der Waals surface area contributed by atoms with Gasteiger partial charge < -0.3 is 19.7 Å². The molecule has 0 bridgehead atoms. The Labute approximate surface area is 192 Å². The molecule has 1 unspecified atom stereocenters. The Hall–Kier alpha value is -2.54. The number of hydrogen-bond acceptors (Lipinski definition) is 4. The zero-order valence-corrected chi connectivity index (χ0v) is 19.6. The van der Waals surface area contributed by atoms with E-state index in [0.717, 1.165) is 35.7 Å². The number of halogens is 1. The number of hydrogen-bond donors (Lipinski definition) is 1. The van der Waals surface area contributed by atoms with Crippen LogP contribution < -0.4 is 14.8 Å². The minimum Gasteiger partial charge on any atom is -0.497 e. The standard InChI is InChI=1S/C24H29BrN2O4/c1-17(24(29)26-20-5-3-4-6-20)27(15-18-7-9-19(25)10-8-18)23(28)16-31-22-13-11-21(30-2)12-14-22/h7-14,17,20H,3-6,15-16H2,1-2H3,(H,26,29). The van der Waals surface area contributed by atoms with E-state index in [9.17, 15) is 9.59 Å². The molecular formula is C24H29BrN2O4. The molecule has 1 atom stereocenters. The Morgan fingerprint density at radius 2 is 1.68 bits per heavy atom. The minimum atomic E-state index is -0.601. The number of carbonyl (C=O) groups is 2. The molecule has 7 heteroatoms. The van der Waals surface area contributed by atoms with Gasteiger partial charge in [-0.25, -0.2) is 0 Å². The van der Waals surface area contributed by atoms with Gasteiger partial charge in [-0.05, 0) is 61.7 Å². The Morgan fingerprint density at radius 1 is 1.06 bits per heavy atom. The fraction of sp³-hybridized carbons (Fsp3) is 0.417. The largest absolute Gasteiger partial charge is 0.497 e. The van der Waals surface area contributed by atoms with E-state index in [2.05, 4.69) is 21.2 Å². The normalized spacial score (nSPS) is 14.7. The van der Waals surface area contributed by atoms with Crippen molar-refractivity contribution in [3.63, 3.8) is 0 Å². The second-order valence-electron chi connectivity index (χ2n) is 7.78. The summed E-state index contributed by atoms with van der Waals surface area (Å²) in [5.74, 6) is 0.920. The third-order valence-corrected chi connectivity index (χ3v) is 6.09. The predicted molar refractivity (Wildman–Crippen MR) is 123 cm³/mol. The van der Waals surface area contributed by atoms with Crippen molar-refractivity contribution in [3.05, 3.63) is 58.6 Å². The zero-order chi connectivity index (χ0) is 22.2. The molecule has 0 heterocycles. The molecule has 0 aromatic heterocycles. The maximum absolute atomic E-state index is 13.1. The van der Waals surface area contributed by atoms with E-state index in [4.69, 9.17) is 9.47 Å². The second kappa shape index (κ2) is 11.2. The molecule has 1 aliphatic carbocycles. The molecule has 1 saturated carbocycles. The van der Waals surface area contributed by atoms with E-state index in [0.29, 0.717) is 18.0 Å². The molecule has 6 nitrogen and oxygen atoms in total. The summed E-state index contributed by atoms with van der Waals surface area (Å²) in [7, 11) is 1.59. The lowest BCUT2D eigenvalue weighted by Crippen LogP contribution is -2.50. The van der Waals surface area contributed by atoms with Crippen molar-refractivity contribution in [1.82, 2.24) is 10.2 Å². The molecule has 1 aliphatic rings. The number of methoxy groups -OCH3 is 1. The Bertz CT molecular complexity index is 864. The van der Waals surface area contributed by atoms with Crippen LogP contribution >= 0.6 is 15.9 Å². The van der Waals surface area contributed by atoms with Gasteiger partial charge in [-0.2, -0.15) is 0 Å². The molecule has 2 aromatic rings. The molecule has 0 radical (unpaired) electrons. The van der Waals surface area contributed by atoms with Crippen LogP contribution in [0.4, 0.5) is 0 Å². The summed E-state index contributed by atoms with van der Waals surface area (Å²) in [5, 5.41) is 3.10. The van der Waals surface area contributed by atoms with Gasteiger partial charge in [-0.3, -0.25) is 9.59 Å². The monoisotopic (exact) mass is 488 g/mol. The Kier molecular flexibility index (Phi) is 8.35. The number of rotatable bonds is 9. The third-order valence-electron chi connectivity index (χ3n) is 5.56.